The number of fused-ring (bicyclic) bond motifs is 1. The zero-order valence-corrected chi connectivity index (χ0v) is 13.8. The normalized spacial score (nSPS) is 18.9. The van der Waals surface area contributed by atoms with Crippen molar-refractivity contribution in [3.8, 4) is 5.75 Å². The molecular weight excluding hydrogens is 280 g/mol. The summed E-state index contributed by atoms with van der Waals surface area (Å²) in [4.78, 5) is 1.24. The second-order valence-corrected chi connectivity index (χ2v) is 6.81. The van der Waals surface area contributed by atoms with Crippen LogP contribution in [0.25, 0.3) is 0 Å². The molecule has 21 heavy (non-hydrogen) atoms. The second kappa shape index (κ2) is 9.34. The molecule has 1 aliphatic rings. The van der Waals surface area contributed by atoms with Gasteiger partial charge in [-0.25, -0.2) is 0 Å². The molecule has 0 saturated heterocycles. The van der Waals surface area contributed by atoms with E-state index >= 15 is 0 Å². The Bertz CT molecular complexity index is 414. The van der Waals surface area contributed by atoms with E-state index in [1.807, 2.05) is 23.9 Å². The lowest BCUT2D eigenvalue weighted by Gasteiger charge is -2.31. The SMILES string of the molecule is CCCCCCCCC(NN)C1CSc2ccccc2O1. The van der Waals surface area contributed by atoms with Crippen LogP contribution < -0.4 is 16.0 Å². The summed E-state index contributed by atoms with van der Waals surface area (Å²) in [5, 5.41) is 0. The van der Waals surface area contributed by atoms with E-state index in [9.17, 15) is 0 Å². The van der Waals surface area contributed by atoms with Gasteiger partial charge in [0.25, 0.3) is 0 Å². The molecule has 4 heteroatoms. The fourth-order valence-electron chi connectivity index (χ4n) is 2.76. The highest BCUT2D eigenvalue weighted by Gasteiger charge is 2.27. The average molecular weight is 308 g/mol. The number of rotatable bonds is 9. The Morgan fingerprint density at radius 1 is 1.24 bits per heavy atom. The predicted molar refractivity (Wildman–Crippen MR) is 90.7 cm³/mol. The van der Waals surface area contributed by atoms with E-state index in [0.29, 0.717) is 0 Å². The Labute approximate surface area is 133 Å². The third-order valence-electron chi connectivity index (χ3n) is 4.06. The third-order valence-corrected chi connectivity index (χ3v) is 5.21. The second-order valence-electron chi connectivity index (χ2n) is 5.74. The Morgan fingerprint density at radius 2 is 2.00 bits per heavy atom. The van der Waals surface area contributed by atoms with Crippen molar-refractivity contribution < 1.29 is 4.74 Å². The first kappa shape index (κ1) is 16.7. The lowest BCUT2D eigenvalue weighted by Crippen LogP contribution is -2.48. The van der Waals surface area contributed by atoms with Crippen LogP contribution in [0.4, 0.5) is 0 Å². The van der Waals surface area contributed by atoms with Crippen molar-refractivity contribution in [1.82, 2.24) is 5.43 Å². The number of ether oxygens (including phenoxy) is 1. The molecule has 3 nitrogen and oxygen atoms in total. The highest BCUT2D eigenvalue weighted by molar-refractivity contribution is 7.99. The Hall–Kier alpha value is -0.710. The molecule has 3 N–H and O–H groups in total. The van der Waals surface area contributed by atoms with Gasteiger partial charge < -0.3 is 4.74 Å². The minimum absolute atomic E-state index is 0.172. The number of thioether (sulfide) groups is 1. The molecule has 0 fully saturated rings. The maximum Gasteiger partial charge on any atom is 0.133 e. The van der Waals surface area contributed by atoms with E-state index in [0.717, 1.165) is 17.9 Å². The molecule has 0 spiro atoms. The molecule has 2 rings (SSSR count). The van der Waals surface area contributed by atoms with E-state index < -0.39 is 0 Å². The summed E-state index contributed by atoms with van der Waals surface area (Å²) < 4.78 is 6.12. The molecule has 0 aromatic heterocycles. The van der Waals surface area contributed by atoms with Gasteiger partial charge in [-0.15, -0.1) is 11.8 Å². The van der Waals surface area contributed by atoms with Crippen molar-refractivity contribution in [3.05, 3.63) is 24.3 Å². The number of nitrogens with one attached hydrogen (secondary N) is 1. The average Bonchev–Trinajstić information content (AvgIpc) is 2.54. The first-order valence-corrected chi connectivity index (χ1v) is 9.18. The fraction of sp³-hybridized carbons (Fsp3) is 0.647. The Balaban J connectivity index is 1.74. The van der Waals surface area contributed by atoms with E-state index in [1.54, 1.807) is 0 Å². The van der Waals surface area contributed by atoms with E-state index in [4.69, 9.17) is 10.6 Å². The molecular formula is C17H28N2OS. The van der Waals surface area contributed by atoms with Gasteiger partial charge in [-0.3, -0.25) is 11.3 Å². The molecule has 0 saturated carbocycles. The summed E-state index contributed by atoms with van der Waals surface area (Å²) in [7, 11) is 0. The van der Waals surface area contributed by atoms with E-state index in [2.05, 4.69) is 24.5 Å². The van der Waals surface area contributed by atoms with Gasteiger partial charge >= 0.3 is 0 Å². The molecule has 1 aliphatic heterocycles. The summed E-state index contributed by atoms with van der Waals surface area (Å²) in [5.74, 6) is 7.72. The predicted octanol–water partition coefficient (Wildman–Crippen LogP) is 4.12. The highest BCUT2D eigenvalue weighted by atomic mass is 32.2. The van der Waals surface area contributed by atoms with Crippen molar-refractivity contribution in [2.24, 2.45) is 5.84 Å². The third kappa shape index (κ3) is 5.20. The van der Waals surface area contributed by atoms with Gasteiger partial charge in [-0.1, -0.05) is 57.6 Å². The molecule has 118 valence electrons. The van der Waals surface area contributed by atoms with Crippen LogP contribution in [0.15, 0.2) is 29.2 Å². The number of nitrogens with two attached hydrogens (primary N) is 1. The van der Waals surface area contributed by atoms with E-state index in [-0.39, 0.29) is 12.1 Å². The maximum atomic E-state index is 6.12. The summed E-state index contributed by atoms with van der Waals surface area (Å²) >= 11 is 1.87. The number of hydrazine groups is 1. The van der Waals surface area contributed by atoms with Crippen LogP contribution in [0.3, 0.4) is 0 Å². The number of hydrogen-bond acceptors (Lipinski definition) is 4. The molecule has 0 radical (unpaired) electrons. The smallest absolute Gasteiger partial charge is 0.133 e. The number of para-hydroxylation sites is 1. The summed E-state index contributed by atoms with van der Waals surface area (Å²) in [6.07, 6.45) is 9.16. The van der Waals surface area contributed by atoms with Crippen molar-refractivity contribution in [1.29, 1.82) is 0 Å². The highest BCUT2D eigenvalue weighted by Crippen LogP contribution is 2.36. The molecule has 0 amide bonds. The van der Waals surface area contributed by atoms with Gasteiger partial charge in [-0.2, -0.15) is 0 Å². The number of benzene rings is 1. The van der Waals surface area contributed by atoms with Crippen molar-refractivity contribution >= 4 is 11.8 Å². The van der Waals surface area contributed by atoms with Crippen molar-refractivity contribution in [2.45, 2.75) is 68.9 Å². The topological polar surface area (TPSA) is 47.3 Å². The maximum absolute atomic E-state index is 6.12. The molecule has 0 aliphatic carbocycles. The lowest BCUT2D eigenvalue weighted by molar-refractivity contribution is 0.159. The molecule has 1 aromatic carbocycles. The van der Waals surface area contributed by atoms with Crippen LogP contribution in [-0.4, -0.2) is 17.9 Å². The largest absolute Gasteiger partial charge is 0.487 e. The van der Waals surface area contributed by atoms with Crippen LogP contribution in [0.1, 0.15) is 51.9 Å². The van der Waals surface area contributed by atoms with Crippen LogP contribution in [-0.2, 0) is 0 Å². The standard InChI is InChI=1S/C17H28N2OS/c1-2-3-4-5-6-7-10-14(19-18)16-13-21-17-12-9-8-11-15(17)20-16/h8-9,11-12,14,16,19H,2-7,10,13,18H2,1H3. The lowest BCUT2D eigenvalue weighted by atomic mass is 10.0. The van der Waals surface area contributed by atoms with Gasteiger partial charge in [0, 0.05) is 10.6 Å². The molecule has 0 bridgehead atoms. The zero-order chi connectivity index (χ0) is 14.9. The van der Waals surface area contributed by atoms with Crippen molar-refractivity contribution in [3.63, 3.8) is 0 Å². The Morgan fingerprint density at radius 3 is 2.81 bits per heavy atom. The van der Waals surface area contributed by atoms with Gasteiger partial charge in [0.1, 0.15) is 11.9 Å². The van der Waals surface area contributed by atoms with Gasteiger partial charge in [0.05, 0.1) is 6.04 Å². The molecule has 2 atom stereocenters. The van der Waals surface area contributed by atoms with Crippen LogP contribution in [0.5, 0.6) is 5.75 Å². The van der Waals surface area contributed by atoms with E-state index in [1.165, 1.54) is 43.4 Å². The van der Waals surface area contributed by atoms with Gasteiger partial charge in [0.2, 0.25) is 0 Å². The van der Waals surface area contributed by atoms with Crippen molar-refractivity contribution in [2.75, 3.05) is 5.75 Å². The summed E-state index contributed by atoms with van der Waals surface area (Å²) in [6.45, 7) is 2.25. The molecule has 2 unspecified atom stereocenters. The van der Waals surface area contributed by atoms with Gasteiger partial charge in [-0.05, 0) is 18.6 Å². The zero-order valence-electron chi connectivity index (χ0n) is 13.0. The van der Waals surface area contributed by atoms with Crippen LogP contribution in [0, 0.1) is 0 Å². The van der Waals surface area contributed by atoms with Crippen LogP contribution >= 0.6 is 11.8 Å². The number of unbranched alkanes of at least 4 members (excludes halogenated alkanes) is 5. The van der Waals surface area contributed by atoms with Crippen LogP contribution in [0.2, 0.25) is 0 Å². The fourth-order valence-corrected chi connectivity index (χ4v) is 3.83. The molecule has 1 aromatic rings. The first-order chi connectivity index (χ1) is 10.3. The van der Waals surface area contributed by atoms with Gasteiger partial charge in [0.15, 0.2) is 0 Å². The summed E-state index contributed by atoms with van der Waals surface area (Å²) in [5.41, 5.74) is 2.97. The first-order valence-electron chi connectivity index (χ1n) is 8.19. The Kier molecular flexibility index (Phi) is 7.41. The quantitative estimate of drug-likeness (QED) is 0.409. The number of hydrogen-bond donors (Lipinski definition) is 2. The minimum atomic E-state index is 0.172. The molecule has 1 heterocycles. The minimum Gasteiger partial charge on any atom is -0.487 e. The monoisotopic (exact) mass is 308 g/mol. The summed E-state index contributed by atoms with van der Waals surface area (Å²) in [6, 6.07) is 8.50.